The second-order valence-electron chi connectivity index (χ2n) is 3.58. The predicted molar refractivity (Wildman–Crippen MR) is 61.2 cm³/mol. The molecule has 78 valence electrons. The summed E-state index contributed by atoms with van der Waals surface area (Å²) in [6.07, 6.45) is 0. The number of nitrogens with zero attached hydrogens (tertiary/aromatic N) is 1. The summed E-state index contributed by atoms with van der Waals surface area (Å²) in [4.78, 5) is 15.8. The molecule has 0 radical (unpaired) electrons. The van der Waals surface area contributed by atoms with E-state index in [0.717, 1.165) is 10.0 Å². The van der Waals surface area contributed by atoms with Gasteiger partial charge in [-0.05, 0) is 41.9 Å². The molecule has 3 nitrogen and oxygen atoms in total. The van der Waals surface area contributed by atoms with Crippen molar-refractivity contribution in [1.82, 2.24) is 0 Å². The highest BCUT2D eigenvalue weighted by molar-refractivity contribution is 9.10. The molecule has 0 spiro atoms. The summed E-state index contributed by atoms with van der Waals surface area (Å²) in [5.41, 5.74) is 1.33. The predicted octanol–water partition coefficient (Wildman–Crippen LogP) is 2.77. The number of carbonyl (C=O) groups is 1. The summed E-state index contributed by atoms with van der Waals surface area (Å²) in [5, 5.41) is 0. The molecule has 0 aliphatic carbocycles. The van der Waals surface area contributed by atoms with Crippen LogP contribution in [-0.2, 0) is 4.74 Å². The molecule has 0 unspecified atom stereocenters. The molecule has 0 atom stereocenters. The Morgan fingerprint density at radius 1 is 1.40 bits per heavy atom. The summed E-state index contributed by atoms with van der Waals surface area (Å²) >= 11 is 3.39. The molecule has 1 heterocycles. The summed E-state index contributed by atoms with van der Waals surface area (Å²) in [6, 6.07) is 5.52. The Morgan fingerprint density at radius 2 is 2.13 bits per heavy atom. The fourth-order valence-corrected chi connectivity index (χ4v) is 1.97. The summed E-state index contributed by atoms with van der Waals surface area (Å²) in [5.74, 6) is 0.0863. The lowest BCUT2D eigenvalue weighted by Crippen LogP contribution is -2.04. The van der Waals surface area contributed by atoms with Gasteiger partial charge >= 0.3 is 5.97 Å². The van der Waals surface area contributed by atoms with Gasteiger partial charge in [0.05, 0.1) is 11.1 Å². The highest BCUT2D eigenvalue weighted by Gasteiger charge is 2.29. The summed E-state index contributed by atoms with van der Waals surface area (Å²) < 4.78 is 5.94. The normalized spacial score (nSPS) is 17.1. The molecule has 0 aromatic heterocycles. The zero-order chi connectivity index (χ0) is 11.0. The van der Waals surface area contributed by atoms with Gasteiger partial charge in [-0.3, -0.25) is 0 Å². The Morgan fingerprint density at radius 3 is 2.80 bits per heavy atom. The monoisotopic (exact) mass is 267 g/mol. The molecule has 4 heteroatoms. The maximum Gasteiger partial charge on any atom is 0.345 e. The molecule has 15 heavy (non-hydrogen) atoms. The van der Waals surface area contributed by atoms with Crippen LogP contribution in [0.1, 0.15) is 29.8 Å². The van der Waals surface area contributed by atoms with E-state index in [1.54, 1.807) is 6.07 Å². The van der Waals surface area contributed by atoms with E-state index in [1.807, 2.05) is 26.0 Å². The largest absolute Gasteiger partial charge is 0.403 e. The van der Waals surface area contributed by atoms with Crippen LogP contribution in [0.25, 0.3) is 0 Å². The van der Waals surface area contributed by atoms with E-state index in [1.165, 1.54) is 0 Å². The first-order valence-electron chi connectivity index (χ1n) is 4.68. The number of fused-ring (bicyclic) bond motifs is 1. The SMILES string of the molecule is CC(C)/N=C1\OC(=O)c2cccc(Br)c21. The van der Waals surface area contributed by atoms with Crippen molar-refractivity contribution in [3.8, 4) is 0 Å². The molecule has 0 N–H and O–H groups in total. The van der Waals surface area contributed by atoms with Crippen LogP contribution in [0.5, 0.6) is 0 Å². The van der Waals surface area contributed by atoms with Gasteiger partial charge in [0.2, 0.25) is 5.90 Å². The van der Waals surface area contributed by atoms with Gasteiger partial charge in [0.15, 0.2) is 0 Å². The van der Waals surface area contributed by atoms with E-state index in [-0.39, 0.29) is 12.0 Å². The van der Waals surface area contributed by atoms with E-state index in [2.05, 4.69) is 20.9 Å². The zero-order valence-electron chi connectivity index (χ0n) is 8.45. The Kier molecular flexibility index (Phi) is 2.61. The molecule has 0 saturated heterocycles. The molecular weight excluding hydrogens is 258 g/mol. The van der Waals surface area contributed by atoms with Crippen LogP contribution in [0.3, 0.4) is 0 Å². The molecule has 0 fully saturated rings. The number of benzene rings is 1. The first-order chi connectivity index (χ1) is 7.09. The maximum atomic E-state index is 11.5. The molecule has 1 aromatic carbocycles. The van der Waals surface area contributed by atoms with Gasteiger partial charge in [-0.2, -0.15) is 0 Å². The topological polar surface area (TPSA) is 38.7 Å². The molecule has 1 aromatic rings. The summed E-state index contributed by atoms with van der Waals surface area (Å²) in [7, 11) is 0. The first-order valence-corrected chi connectivity index (χ1v) is 5.47. The molecule has 0 bridgehead atoms. The number of rotatable bonds is 1. The highest BCUT2D eigenvalue weighted by Crippen LogP contribution is 2.28. The van der Waals surface area contributed by atoms with E-state index in [0.29, 0.717) is 11.5 Å². The van der Waals surface area contributed by atoms with Crippen LogP contribution in [0.4, 0.5) is 0 Å². The van der Waals surface area contributed by atoms with Crippen molar-refractivity contribution < 1.29 is 9.53 Å². The lowest BCUT2D eigenvalue weighted by molar-refractivity contribution is 0.0736. The van der Waals surface area contributed by atoms with E-state index >= 15 is 0 Å². The van der Waals surface area contributed by atoms with Gasteiger partial charge in [-0.15, -0.1) is 0 Å². The number of halogens is 1. The lowest BCUT2D eigenvalue weighted by atomic mass is 10.1. The van der Waals surface area contributed by atoms with Crippen molar-refractivity contribution in [1.29, 1.82) is 0 Å². The minimum atomic E-state index is -0.328. The fraction of sp³-hybridized carbons (Fsp3) is 0.273. The van der Waals surface area contributed by atoms with E-state index in [9.17, 15) is 4.79 Å². The van der Waals surface area contributed by atoms with Crippen molar-refractivity contribution in [2.24, 2.45) is 4.99 Å². The number of esters is 1. The van der Waals surface area contributed by atoms with Gasteiger partial charge in [-0.1, -0.05) is 6.07 Å². The number of carbonyl (C=O) groups excluding carboxylic acids is 1. The van der Waals surface area contributed by atoms with Crippen LogP contribution < -0.4 is 0 Å². The average Bonchev–Trinajstić information content (AvgIpc) is 2.44. The fourth-order valence-electron chi connectivity index (χ4n) is 1.43. The van der Waals surface area contributed by atoms with Crippen LogP contribution in [0, 0.1) is 0 Å². The Balaban J connectivity index is 2.58. The third-order valence-electron chi connectivity index (χ3n) is 2.01. The van der Waals surface area contributed by atoms with Crippen molar-refractivity contribution in [3.05, 3.63) is 33.8 Å². The van der Waals surface area contributed by atoms with Crippen molar-refractivity contribution in [2.45, 2.75) is 19.9 Å². The van der Waals surface area contributed by atoms with E-state index in [4.69, 9.17) is 4.74 Å². The minimum absolute atomic E-state index is 0.103. The van der Waals surface area contributed by atoms with E-state index < -0.39 is 0 Å². The minimum Gasteiger partial charge on any atom is -0.403 e. The Labute approximate surface area is 96.3 Å². The molecule has 1 aliphatic rings. The molecular formula is C11H10BrNO2. The standard InChI is InChI=1S/C11H10BrNO2/c1-6(2)13-10-9-7(11(14)15-10)4-3-5-8(9)12/h3-6H,1-2H3/b13-10-. The van der Waals surface area contributed by atoms with Gasteiger partial charge in [0.25, 0.3) is 0 Å². The second-order valence-corrected chi connectivity index (χ2v) is 4.43. The molecule has 2 rings (SSSR count). The zero-order valence-corrected chi connectivity index (χ0v) is 10.0. The number of aliphatic imine (C=N–C) groups is 1. The number of hydrogen-bond donors (Lipinski definition) is 0. The first kappa shape index (κ1) is 10.4. The van der Waals surface area contributed by atoms with Crippen LogP contribution in [0.15, 0.2) is 27.7 Å². The third-order valence-corrected chi connectivity index (χ3v) is 2.67. The average molecular weight is 268 g/mol. The van der Waals surface area contributed by atoms with Crippen molar-refractivity contribution in [3.63, 3.8) is 0 Å². The number of cyclic esters (lactones) is 1. The Hall–Kier alpha value is -1.16. The number of ether oxygens (including phenoxy) is 1. The van der Waals surface area contributed by atoms with Gasteiger partial charge in [0, 0.05) is 10.5 Å². The quantitative estimate of drug-likeness (QED) is 0.734. The van der Waals surface area contributed by atoms with Gasteiger partial charge in [-0.25, -0.2) is 9.79 Å². The van der Waals surface area contributed by atoms with Crippen molar-refractivity contribution >= 4 is 27.8 Å². The maximum absolute atomic E-state index is 11.5. The molecule has 0 saturated carbocycles. The summed E-state index contributed by atoms with van der Waals surface area (Å²) in [6.45, 7) is 3.88. The Bertz CT molecular complexity index is 452. The smallest absolute Gasteiger partial charge is 0.345 e. The van der Waals surface area contributed by atoms with Gasteiger partial charge in [0.1, 0.15) is 0 Å². The molecule has 0 amide bonds. The van der Waals surface area contributed by atoms with Gasteiger partial charge < -0.3 is 4.74 Å². The van der Waals surface area contributed by atoms with Crippen LogP contribution in [0.2, 0.25) is 0 Å². The van der Waals surface area contributed by atoms with Crippen molar-refractivity contribution in [2.75, 3.05) is 0 Å². The number of hydrogen-bond acceptors (Lipinski definition) is 3. The highest BCUT2D eigenvalue weighted by atomic mass is 79.9. The second kappa shape index (κ2) is 3.77. The third kappa shape index (κ3) is 1.81. The molecule has 1 aliphatic heterocycles. The van der Waals surface area contributed by atoms with Crippen LogP contribution in [-0.4, -0.2) is 17.9 Å². The lowest BCUT2D eigenvalue weighted by Gasteiger charge is -2.01. The van der Waals surface area contributed by atoms with Crippen LogP contribution >= 0.6 is 15.9 Å².